The standard InChI is InChI=1S/C14H15ClN4O2/c1-2-16-14-17-8-10(15)13(19-14)18-9-3-4-11-12(7-9)21-6-5-20-11/h3-4,7-8H,2,5-6H2,1H3,(H2,16,17,18,19). The molecule has 0 saturated carbocycles. The molecule has 2 aromatic rings. The molecule has 0 fully saturated rings. The van der Waals surface area contributed by atoms with E-state index in [1.807, 2.05) is 25.1 Å². The van der Waals surface area contributed by atoms with Crippen molar-refractivity contribution < 1.29 is 9.47 Å². The molecule has 0 aliphatic carbocycles. The minimum atomic E-state index is 0.451. The molecular formula is C14H15ClN4O2. The van der Waals surface area contributed by atoms with Crippen LogP contribution in [0.4, 0.5) is 17.5 Å². The third-order valence-corrected chi connectivity index (χ3v) is 3.16. The van der Waals surface area contributed by atoms with Crippen LogP contribution in [0.2, 0.25) is 5.02 Å². The van der Waals surface area contributed by atoms with Crippen molar-refractivity contribution in [1.82, 2.24) is 9.97 Å². The molecule has 6 nitrogen and oxygen atoms in total. The fourth-order valence-electron chi connectivity index (χ4n) is 1.96. The highest BCUT2D eigenvalue weighted by molar-refractivity contribution is 6.32. The third kappa shape index (κ3) is 3.11. The molecule has 0 radical (unpaired) electrons. The van der Waals surface area contributed by atoms with E-state index in [1.54, 1.807) is 6.20 Å². The smallest absolute Gasteiger partial charge is 0.224 e. The molecule has 0 saturated heterocycles. The molecule has 21 heavy (non-hydrogen) atoms. The molecule has 0 unspecified atom stereocenters. The molecule has 1 aromatic carbocycles. The van der Waals surface area contributed by atoms with Crippen molar-refractivity contribution in [3.8, 4) is 11.5 Å². The lowest BCUT2D eigenvalue weighted by molar-refractivity contribution is 0.171. The van der Waals surface area contributed by atoms with Gasteiger partial charge >= 0.3 is 0 Å². The Balaban J connectivity index is 1.84. The van der Waals surface area contributed by atoms with Gasteiger partial charge in [0.25, 0.3) is 0 Å². The van der Waals surface area contributed by atoms with Gasteiger partial charge in [0.2, 0.25) is 5.95 Å². The van der Waals surface area contributed by atoms with Crippen LogP contribution in [0.25, 0.3) is 0 Å². The van der Waals surface area contributed by atoms with Crippen LogP contribution >= 0.6 is 11.6 Å². The van der Waals surface area contributed by atoms with E-state index in [0.29, 0.717) is 35.8 Å². The average molecular weight is 307 g/mol. The first-order valence-corrected chi connectivity index (χ1v) is 7.07. The first kappa shape index (κ1) is 13.8. The number of halogens is 1. The van der Waals surface area contributed by atoms with Crippen LogP contribution in [0.1, 0.15) is 6.92 Å². The maximum atomic E-state index is 6.12. The molecule has 2 N–H and O–H groups in total. The monoisotopic (exact) mass is 306 g/mol. The van der Waals surface area contributed by atoms with E-state index in [2.05, 4.69) is 20.6 Å². The topological polar surface area (TPSA) is 68.3 Å². The normalized spacial score (nSPS) is 12.9. The summed E-state index contributed by atoms with van der Waals surface area (Å²) in [5.74, 6) is 2.53. The van der Waals surface area contributed by atoms with E-state index in [4.69, 9.17) is 21.1 Å². The van der Waals surface area contributed by atoms with Crippen LogP contribution in [0.15, 0.2) is 24.4 Å². The van der Waals surface area contributed by atoms with Gasteiger partial charge in [-0.3, -0.25) is 0 Å². The SMILES string of the molecule is CCNc1ncc(Cl)c(Nc2ccc3c(c2)OCCO3)n1. The van der Waals surface area contributed by atoms with Crippen LogP contribution < -0.4 is 20.1 Å². The van der Waals surface area contributed by atoms with E-state index in [9.17, 15) is 0 Å². The van der Waals surface area contributed by atoms with Crippen molar-refractivity contribution in [1.29, 1.82) is 0 Å². The Labute approximate surface area is 127 Å². The average Bonchev–Trinajstić information content (AvgIpc) is 2.51. The highest BCUT2D eigenvalue weighted by atomic mass is 35.5. The van der Waals surface area contributed by atoms with Crippen LogP contribution in [0.5, 0.6) is 11.5 Å². The summed E-state index contributed by atoms with van der Waals surface area (Å²) < 4.78 is 11.0. The van der Waals surface area contributed by atoms with Crippen LogP contribution in [0, 0.1) is 0 Å². The van der Waals surface area contributed by atoms with E-state index in [0.717, 1.165) is 18.0 Å². The Morgan fingerprint density at radius 2 is 2.05 bits per heavy atom. The summed E-state index contributed by atoms with van der Waals surface area (Å²) in [4.78, 5) is 8.43. The highest BCUT2D eigenvalue weighted by Crippen LogP contribution is 2.34. The Morgan fingerprint density at radius 3 is 2.86 bits per heavy atom. The third-order valence-electron chi connectivity index (χ3n) is 2.88. The number of anilines is 3. The van der Waals surface area contributed by atoms with Gasteiger partial charge in [-0.05, 0) is 19.1 Å². The van der Waals surface area contributed by atoms with Crippen molar-refractivity contribution in [3.05, 3.63) is 29.4 Å². The summed E-state index contributed by atoms with van der Waals surface area (Å²) in [5.41, 5.74) is 0.822. The van der Waals surface area contributed by atoms with E-state index < -0.39 is 0 Å². The van der Waals surface area contributed by atoms with Gasteiger partial charge in [0.1, 0.15) is 18.2 Å². The van der Waals surface area contributed by atoms with Gasteiger partial charge < -0.3 is 20.1 Å². The zero-order valence-electron chi connectivity index (χ0n) is 11.5. The Morgan fingerprint density at radius 1 is 1.24 bits per heavy atom. The number of fused-ring (bicyclic) bond motifs is 1. The zero-order valence-corrected chi connectivity index (χ0v) is 12.3. The second-order valence-electron chi connectivity index (χ2n) is 4.40. The maximum absolute atomic E-state index is 6.12. The van der Waals surface area contributed by atoms with E-state index >= 15 is 0 Å². The summed E-state index contributed by atoms with van der Waals surface area (Å²) in [6.45, 7) is 3.84. The van der Waals surface area contributed by atoms with E-state index in [-0.39, 0.29) is 0 Å². The number of ether oxygens (including phenoxy) is 2. The summed E-state index contributed by atoms with van der Waals surface area (Å²) in [6.07, 6.45) is 1.56. The lowest BCUT2D eigenvalue weighted by atomic mass is 10.2. The minimum Gasteiger partial charge on any atom is -0.486 e. The first-order chi connectivity index (χ1) is 10.3. The number of hydrogen-bond donors (Lipinski definition) is 2. The minimum absolute atomic E-state index is 0.451. The van der Waals surface area contributed by atoms with Crippen LogP contribution in [-0.2, 0) is 0 Å². The lowest BCUT2D eigenvalue weighted by Crippen LogP contribution is -2.15. The van der Waals surface area contributed by atoms with Crippen molar-refractivity contribution >= 4 is 29.1 Å². The lowest BCUT2D eigenvalue weighted by Gasteiger charge is -2.19. The number of rotatable bonds is 4. The molecule has 0 atom stereocenters. The molecule has 110 valence electrons. The summed E-state index contributed by atoms with van der Waals surface area (Å²) >= 11 is 6.12. The van der Waals surface area contributed by atoms with Gasteiger partial charge in [0, 0.05) is 18.3 Å². The second-order valence-corrected chi connectivity index (χ2v) is 4.81. The quantitative estimate of drug-likeness (QED) is 0.905. The zero-order chi connectivity index (χ0) is 14.7. The van der Waals surface area contributed by atoms with Gasteiger partial charge in [0.05, 0.1) is 6.20 Å². The summed E-state index contributed by atoms with van der Waals surface area (Å²) in [6, 6.07) is 5.61. The molecule has 7 heteroatoms. The fraction of sp³-hybridized carbons (Fsp3) is 0.286. The van der Waals surface area contributed by atoms with Gasteiger partial charge in [-0.1, -0.05) is 11.6 Å². The molecule has 3 rings (SSSR count). The van der Waals surface area contributed by atoms with Gasteiger partial charge in [-0.25, -0.2) is 4.98 Å². The molecule has 2 heterocycles. The molecule has 0 amide bonds. The summed E-state index contributed by atoms with van der Waals surface area (Å²) in [5, 5.41) is 6.66. The van der Waals surface area contributed by atoms with Crippen molar-refractivity contribution in [2.24, 2.45) is 0 Å². The predicted molar refractivity (Wildman–Crippen MR) is 81.9 cm³/mol. The number of aromatic nitrogens is 2. The van der Waals surface area contributed by atoms with Crippen molar-refractivity contribution in [2.45, 2.75) is 6.92 Å². The Kier molecular flexibility index (Phi) is 3.96. The predicted octanol–water partition coefficient (Wildman–Crippen LogP) is 3.08. The summed E-state index contributed by atoms with van der Waals surface area (Å²) in [7, 11) is 0. The number of benzene rings is 1. The molecular weight excluding hydrogens is 292 g/mol. The molecule has 0 spiro atoms. The molecule has 1 aromatic heterocycles. The maximum Gasteiger partial charge on any atom is 0.224 e. The van der Waals surface area contributed by atoms with Crippen LogP contribution in [-0.4, -0.2) is 29.7 Å². The Bertz CT molecular complexity index is 651. The first-order valence-electron chi connectivity index (χ1n) is 6.69. The van der Waals surface area contributed by atoms with Crippen molar-refractivity contribution in [2.75, 3.05) is 30.4 Å². The fourth-order valence-corrected chi connectivity index (χ4v) is 2.09. The van der Waals surface area contributed by atoms with Crippen molar-refractivity contribution in [3.63, 3.8) is 0 Å². The molecule has 1 aliphatic rings. The number of hydrogen-bond acceptors (Lipinski definition) is 6. The van der Waals surface area contributed by atoms with Gasteiger partial charge in [0.15, 0.2) is 17.3 Å². The number of nitrogens with zero attached hydrogens (tertiary/aromatic N) is 2. The largest absolute Gasteiger partial charge is 0.486 e. The highest BCUT2D eigenvalue weighted by Gasteiger charge is 2.13. The number of nitrogens with one attached hydrogen (secondary N) is 2. The van der Waals surface area contributed by atoms with E-state index in [1.165, 1.54) is 0 Å². The molecule has 0 bridgehead atoms. The van der Waals surface area contributed by atoms with Gasteiger partial charge in [-0.15, -0.1) is 0 Å². The Hall–Kier alpha value is -2.21. The second kappa shape index (κ2) is 6.05. The van der Waals surface area contributed by atoms with Crippen LogP contribution in [0.3, 0.4) is 0 Å². The van der Waals surface area contributed by atoms with Gasteiger partial charge in [-0.2, -0.15) is 4.98 Å². The molecule has 1 aliphatic heterocycles.